The Morgan fingerprint density at radius 2 is 1.95 bits per heavy atom. The van der Waals surface area contributed by atoms with Gasteiger partial charge in [-0.1, -0.05) is 36.4 Å². The van der Waals surface area contributed by atoms with Crippen LogP contribution in [0.5, 0.6) is 0 Å². The third-order valence-electron chi connectivity index (χ3n) is 3.85. The first-order chi connectivity index (χ1) is 9.38. The molecule has 0 saturated heterocycles. The lowest BCUT2D eigenvalue weighted by Crippen LogP contribution is -2.12. The second-order valence-corrected chi connectivity index (χ2v) is 5.87. The van der Waals surface area contributed by atoms with Gasteiger partial charge in [-0.15, -0.1) is 11.8 Å². The molecule has 2 aromatic rings. The number of benzene rings is 2. The Hall–Kier alpha value is -1.25. The largest absolute Gasteiger partial charge is 0.313 e. The van der Waals surface area contributed by atoms with Crippen molar-refractivity contribution in [2.24, 2.45) is 0 Å². The fourth-order valence-corrected chi connectivity index (χ4v) is 3.32. The SMILES string of the molecule is CSc1ccc2c(c1)CNCCC2c1ccccc1. The monoisotopic (exact) mass is 269 g/mol. The highest BCUT2D eigenvalue weighted by atomic mass is 32.2. The van der Waals surface area contributed by atoms with Crippen LogP contribution < -0.4 is 5.32 Å². The summed E-state index contributed by atoms with van der Waals surface area (Å²) in [4.78, 5) is 1.36. The summed E-state index contributed by atoms with van der Waals surface area (Å²) in [6.45, 7) is 2.08. The lowest BCUT2D eigenvalue weighted by atomic mass is 9.87. The summed E-state index contributed by atoms with van der Waals surface area (Å²) in [7, 11) is 0. The summed E-state index contributed by atoms with van der Waals surface area (Å²) in [5.41, 5.74) is 4.39. The van der Waals surface area contributed by atoms with Gasteiger partial charge in [0.1, 0.15) is 0 Å². The van der Waals surface area contributed by atoms with E-state index in [9.17, 15) is 0 Å². The molecular weight excluding hydrogens is 250 g/mol. The second-order valence-electron chi connectivity index (χ2n) is 4.99. The summed E-state index contributed by atoms with van der Waals surface area (Å²) in [6.07, 6.45) is 3.32. The van der Waals surface area contributed by atoms with Crippen LogP contribution in [0.3, 0.4) is 0 Å². The molecule has 0 spiro atoms. The molecule has 1 heterocycles. The van der Waals surface area contributed by atoms with Crippen molar-refractivity contribution >= 4 is 11.8 Å². The zero-order valence-corrected chi connectivity index (χ0v) is 12.0. The number of thioether (sulfide) groups is 1. The van der Waals surface area contributed by atoms with E-state index in [2.05, 4.69) is 60.1 Å². The molecule has 0 amide bonds. The zero-order valence-electron chi connectivity index (χ0n) is 11.2. The van der Waals surface area contributed by atoms with Crippen LogP contribution in [0.2, 0.25) is 0 Å². The summed E-state index contributed by atoms with van der Waals surface area (Å²) >= 11 is 1.82. The molecule has 0 saturated carbocycles. The summed E-state index contributed by atoms with van der Waals surface area (Å²) in [5, 5.41) is 3.55. The van der Waals surface area contributed by atoms with E-state index in [0.29, 0.717) is 5.92 Å². The van der Waals surface area contributed by atoms with Crippen molar-refractivity contribution in [3.8, 4) is 0 Å². The maximum absolute atomic E-state index is 3.55. The number of hydrogen-bond acceptors (Lipinski definition) is 2. The number of hydrogen-bond donors (Lipinski definition) is 1. The molecule has 0 fully saturated rings. The highest BCUT2D eigenvalue weighted by Gasteiger charge is 2.20. The fraction of sp³-hybridized carbons (Fsp3) is 0.294. The maximum Gasteiger partial charge on any atom is 0.0208 e. The smallest absolute Gasteiger partial charge is 0.0208 e. The molecule has 2 heteroatoms. The van der Waals surface area contributed by atoms with Gasteiger partial charge in [0.15, 0.2) is 0 Å². The van der Waals surface area contributed by atoms with Gasteiger partial charge in [-0.2, -0.15) is 0 Å². The molecule has 1 aliphatic rings. The lowest BCUT2D eigenvalue weighted by molar-refractivity contribution is 0.647. The predicted molar refractivity (Wildman–Crippen MR) is 82.8 cm³/mol. The van der Waals surface area contributed by atoms with Gasteiger partial charge >= 0.3 is 0 Å². The first-order valence-electron chi connectivity index (χ1n) is 6.81. The van der Waals surface area contributed by atoms with Gasteiger partial charge < -0.3 is 5.32 Å². The fourth-order valence-electron chi connectivity index (χ4n) is 2.86. The Kier molecular flexibility index (Phi) is 3.90. The van der Waals surface area contributed by atoms with Crippen LogP contribution in [0, 0.1) is 0 Å². The molecule has 0 aromatic heterocycles. The quantitative estimate of drug-likeness (QED) is 0.826. The van der Waals surface area contributed by atoms with E-state index in [1.807, 2.05) is 11.8 Å². The van der Waals surface area contributed by atoms with Gasteiger partial charge in [0, 0.05) is 17.4 Å². The van der Waals surface area contributed by atoms with Crippen LogP contribution >= 0.6 is 11.8 Å². The van der Waals surface area contributed by atoms with Gasteiger partial charge in [-0.25, -0.2) is 0 Å². The van der Waals surface area contributed by atoms with Crippen LogP contribution in [-0.2, 0) is 6.54 Å². The van der Waals surface area contributed by atoms with Crippen LogP contribution in [0.1, 0.15) is 29.0 Å². The van der Waals surface area contributed by atoms with Gasteiger partial charge in [-0.3, -0.25) is 0 Å². The molecule has 3 rings (SSSR count). The van der Waals surface area contributed by atoms with E-state index in [1.54, 1.807) is 0 Å². The molecular formula is C17H19NS. The number of fused-ring (bicyclic) bond motifs is 1. The van der Waals surface area contributed by atoms with Gasteiger partial charge in [-0.05, 0) is 48.0 Å². The average Bonchev–Trinajstić information content (AvgIpc) is 2.69. The highest BCUT2D eigenvalue weighted by molar-refractivity contribution is 7.98. The van der Waals surface area contributed by atoms with Crippen LogP contribution in [-0.4, -0.2) is 12.8 Å². The van der Waals surface area contributed by atoms with E-state index in [0.717, 1.165) is 13.1 Å². The van der Waals surface area contributed by atoms with Crippen molar-refractivity contribution in [3.05, 3.63) is 65.2 Å². The van der Waals surface area contributed by atoms with Crippen molar-refractivity contribution < 1.29 is 0 Å². The minimum absolute atomic E-state index is 0.530. The van der Waals surface area contributed by atoms with Crippen molar-refractivity contribution in [1.29, 1.82) is 0 Å². The molecule has 2 aromatic carbocycles. The highest BCUT2D eigenvalue weighted by Crippen LogP contribution is 2.33. The van der Waals surface area contributed by atoms with E-state index < -0.39 is 0 Å². The third kappa shape index (κ3) is 2.70. The molecule has 98 valence electrons. The Bertz CT molecular complexity index is 550. The molecule has 19 heavy (non-hydrogen) atoms. The predicted octanol–water partition coefficient (Wildman–Crippen LogP) is 4.03. The number of rotatable bonds is 2. The van der Waals surface area contributed by atoms with Crippen molar-refractivity contribution in [2.75, 3.05) is 12.8 Å². The van der Waals surface area contributed by atoms with Gasteiger partial charge in [0.25, 0.3) is 0 Å². The molecule has 0 radical (unpaired) electrons. The summed E-state index contributed by atoms with van der Waals surface area (Å²) in [6, 6.07) is 17.8. The molecule has 1 N–H and O–H groups in total. The van der Waals surface area contributed by atoms with Crippen molar-refractivity contribution in [2.45, 2.75) is 23.8 Å². The second kappa shape index (κ2) is 5.81. The minimum Gasteiger partial charge on any atom is -0.313 e. The minimum atomic E-state index is 0.530. The van der Waals surface area contributed by atoms with E-state index >= 15 is 0 Å². The Labute approximate surface area is 119 Å². The van der Waals surface area contributed by atoms with E-state index in [1.165, 1.54) is 28.0 Å². The molecule has 0 aliphatic carbocycles. The Morgan fingerprint density at radius 3 is 2.74 bits per heavy atom. The van der Waals surface area contributed by atoms with Crippen molar-refractivity contribution in [3.63, 3.8) is 0 Å². The maximum atomic E-state index is 3.55. The van der Waals surface area contributed by atoms with E-state index in [4.69, 9.17) is 0 Å². The van der Waals surface area contributed by atoms with Crippen LogP contribution in [0.25, 0.3) is 0 Å². The lowest BCUT2D eigenvalue weighted by Gasteiger charge is -2.18. The third-order valence-corrected chi connectivity index (χ3v) is 4.58. The molecule has 1 nitrogen and oxygen atoms in total. The first kappa shape index (κ1) is 12.8. The Morgan fingerprint density at radius 1 is 1.11 bits per heavy atom. The molecule has 1 aliphatic heterocycles. The van der Waals surface area contributed by atoms with E-state index in [-0.39, 0.29) is 0 Å². The molecule has 0 bridgehead atoms. The van der Waals surface area contributed by atoms with Gasteiger partial charge in [0.05, 0.1) is 0 Å². The zero-order chi connectivity index (χ0) is 13.1. The summed E-state index contributed by atoms with van der Waals surface area (Å²) < 4.78 is 0. The van der Waals surface area contributed by atoms with Gasteiger partial charge in [0.2, 0.25) is 0 Å². The average molecular weight is 269 g/mol. The summed E-state index contributed by atoms with van der Waals surface area (Å²) in [5.74, 6) is 0.530. The first-order valence-corrected chi connectivity index (χ1v) is 8.03. The van der Waals surface area contributed by atoms with Crippen LogP contribution in [0.15, 0.2) is 53.4 Å². The van der Waals surface area contributed by atoms with Crippen molar-refractivity contribution in [1.82, 2.24) is 5.32 Å². The normalized spacial score (nSPS) is 18.7. The Balaban J connectivity index is 2.04. The number of nitrogens with one attached hydrogen (secondary N) is 1. The molecule has 1 atom stereocenters. The topological polar surface area (TPSA) is 12.0 Å². The molecule has 1 unspecified atom stereocenters. The standard InChI is InChI=1S/C17H19NS/c1-19-15-7-8-16-14(11-15)12-18-10-9-17(16)13-5-3-2-4-6-13/h2-8,11,17-18H,9-10,12H2,1H3. The van der Waals surface area contributed by atoms with Crippen LogP contribution in [0.4, 0.5) is 0 Å².